The molecule has 1 aliphatic rings. The molecule has 0 saturated heterocycles. The van der Waals surface area contributed by atoms with E-state index in [-0.39, 0.29) is 6.79 Å². The summed E-state index contributed by atoms with van der Waals surface area (Å²) in [6.45, 7) is 0.241. The van der Waals surface area contributed by atoms with Gasteiger partial charge in [0.1, 0.15) is 11.5 Å². The van der Waals surface area contributed by atoms with Crippen molar-refractivity contribution in [1.29, 1.82) is 0 Å². The molecule has 0 unspecified atom stereocenters. The van der Waals surface area contributed by atoms with Gasteiger partial charge >= 0.3 is 0 Å². The van der Waals surface area contributed by atoms with Gasteiger partial charge in [0.15, 0.2) is 16.6 Å². The summed E-state index contributed by atoms with van der Waals surface area (Å²) in [7, 11) is 3.20. The van der Waals surface area contributed by atoms with Gasteiger partial charge in [-0.05, 0) is 36.5 Å². The van der Waals surface area contributed by atoms with Gasteiger partial charge in [-0.15, -0.1) is 0 Å². The average Bonchev–Trinajstić information content (AvgIpc) is 3.02. The van der Waals surface area contributed by atoms with E-state index < -0.39 is 0 Å². The van der Waals surface area contributed by atoms with Gasteiger partial charge in [0.2, 0.25) is 6.79 Å². The van der Waals surface area contributed by atoms with Gasteiger partial charge in [-0.2, -0.15) is 0 Å². The van der Waals surface area contributed by atoms with Crippen molar-refractivity contribution in [2.24, 2.45) is 0 Å². The number of rotatable bonds is 4. The molecular formula is C16H16N2O4S. The summed E-state index contributed by atoms with van der Waals surface area (Å²) in [5.74, 6) is 2.77. The molecule has 0 aromatic heterocycles. The molecule has 0 atom stereocenters. The topological polar surface area (TPSA) is 61.0 Å². The molecule has 2 aromatic rings. The number of fused-ring (bicyclic) bond motifs is 1. The number of anilines is 2. The van der Waals surface area contributed by atoms with Crippen LogP contribution in [0.2, 0.25) is 0 Å². The molecule has 1 heterocycles. The Bertz CT molecular complexity index is 736. The summed E-state index contributed by atoms with van der Waals surface area (Å²) < 4.78 is 21.1. The molecule has 0 saturated carbocycles. The first-order valence-corrected chi connectivity index (χ1v) is 7.30. The third-order valence-electron chi connectivity index (χ3n) is 3.29. The first kappa shape index (κ1) is 15.2. The van der Waals surface area contributed by atoms with Gasteiger partial charge in [0.25, 0.3) is 0 Å². The highest BCUT2D eigenvalue weighted by Crippen LogP contribution is 2.34. The first-order valence-electron chi connectivity index (χ1n) is 6.89. The van der Waals surface area contributed by atoms with Crippen LogP contribution in [0.25, 0.3) is 0 Å². The Labute approximate surface area is 139 Å². The highest BCUT2D eigenvalue weighted by molar-refractivity contribution is 7.80. The van der Waals surface area contributed by atoms with E-state index in [9.17, 15) is 0 Å². The normalized spacial score (nSPS) is 11.7. The van der Waals surface area contributed by atoms with Crippen LogP contribution in [0.1, 0.15) is 0 Å². The van der Waals surface area contributed by atoms with E-state index in [1.165, 1.54) is 0 Å². The van der Waals surface area contributed by atoms with Crippen LogP contribution < -0.4 is 29.6 Å². The van der Waals surface area contributed by atoms with Crippen molar-refractivity contribution in [2.45, 2.75) is 0 Å². The number of thiocarbonyl (C=S) groups is 1. The monoisotopic (exact) mass is 332 g/mol. The van der Waals surface area contributed by atoms with Gasteiger partial charge in [0, 0.05) is 17.8 Å². The maximum atomic E-state index is 5.34. The quantitative estimate of drug-likeness (QED) is 0.834. The standard InChI is InChI=1S/C16H16N2O4S/c1-19-11-4-5-12(14(8-11)20-2)18-16(23)17-10-3-6-13-15(7-10)22-9-21-13/h3-8H,9H2,1-2H3,(H2,17,18,23). The second-order valence-corrected chi connectivity index (χ2v) is 5.12. The Morgan fingerprint density at radius 2 is 1.83 bits per heavy atom. The maximum Gasteiger partial charge on any atom is 0.231 e. The summed E-state index contributed by atoms with van der Waals surface area (Å²) in [6.07, 6.45) is 0. The number of hydrogen-bond donors (Lipinski definition) is 2. The lowest BCUT2D eigenvalue weighted by atomic mass is 10.2. The van der Waals surface area contributed by atoms with Crippen molar-refractivity contribution in [2.75, 3.05) is 31.6 Å². The van der Waals surface area contributed by atoms with Gasteiger partial charge < -0.3 is 29.6 Å². The fraction of sp³-hybridized carbons (Fsp3) is 0.188. The first-order chi connectivity index (χ1) is 11.2. The summed E-state index contributed by atoms with van der Waals surface area (Å²) in [5.41, 5.74) is 1.55. The molecule has 0 spiro atoms. The lowest BCUT2D eigenvalue weighted by Crippen LogP contribution is -2.19. The summed E-state index contributed by atoms with van der Waals surface area (Å²) in [6, 6.07) is 11.0. The highest BCUT2D eigenvalue weighted by atomic mass is 32.1. The van der Waals surface area contributed by atoms with Crippen molar-refractivity contribution in [1.82, 2.24) is 0 Å². The Kier molecular flexibility index (Phi) is 4.38. The van der Waals surface area contributed by atoms with E-state index in [1.807, 2.05) is 30.3 Å². The Morgan fingerprint density at radius 3 is 2.61 bits per heavy atom. The molecule has 0 aliphatic carbocycles. The molecule has 120 valence electrons. The third kappa shape index (κ3) is 3.40. The number of hydrogen-bond acceptors (Lipinski definition) is 5. The fourth-order valence-corrected chi connectivity index (χ4v) is 2.39. The Hall–Kier alpha value is -2.67. The van der Waals surface area contributed by atoms with Crippen LogP contribution in [0.3, 0.4) is 0 Å². The van der Waals surface area contributed by atoms with E-state index in [0.29, 0.717) is 22.4 Å². The van der Waals surface area contributed by atoms with Crippen LogP contribution in [0.15, 0.2) is 36.4 Å². The smallest absolute Gasteiger partial charge is 0.231 e. The number of nitrogens with one attached hydrogen (secondary N) is 2. The molecule has 3 rings (SSSR count). The summed E-state index contributed by atoms with van der Waals surface area (Å²) in [5, 5.41) is 6.63. The van der Waals surface area contributed by atoms with Crippen LogP contribution in [0, 0.1) is 0 Å². The van der Waals surface area contributed by atoms with Crippen LogP contribution in [-0.2, 0) is 0 Å². The van der Waals surface area contributed by atoms with Gasteiger partial charge in [0.05, 0.1) is 19.9 Å². The largest absolute Gasteiger partial charge is 0.497 e. The van der Waals surface area contributed by atoms with Crippen LogP contribution in [0.5, 0.6) is 23.0 Å². The second kappa shape index (κ2) is 6.62. The minimum Gasteiger partial charge on any atom is -0.497 e. The molecule has 0 radical (unpaired) electrons. The molecule has 2 N–H and O–H groups in total. The number of ether oxygens (including phenoxy) is 4. The third-order valence-corrected chi connectivity index (χ3v) is 3.49. The molecule has 2 aromatic carbocycles. The van der Waals surface area contributed by atoms with Gasteiger partial charge in [-0.1, -0.05) is 0 Å². The zero-order valence-corrected chi connectivity index (χ0v) is 13.5. The van der Waals surface area contributed by atoms with E-state index in [4.69, 9.17) is 31.2 Å². The average molecular weight is 332 g/mol. The number of benzene rings is 2. The van der Waals surface area contributed by atoms with Crippen molar-refractivity contribution in [3.63, 3.8) is 0 Å². The number of methoxy groups -OCH3 is 2. The molecule has 6 nitrogen and oxygen atoms in total. The SMILES string of the molecule is COc1ccc(NC(=S)Nc2ccc3c(c2)OCO3)c(OC)c1. The van der Waals surface area contributed by atoms with E-state index in [0.717, 1.165) is 17.1 Å². The fourth-order valence-electron chi connectivity index (χ4n) is 2.16. The highest BCUT2D eigenvalue weighted by Gasteiger charge is 2.14. The van der Waals surface area contributed by atoms with E-state index >= 15 is 0 Å². The predicted octanol–water partition coefficient (Wildman–Crippen LogP) is 3.24. The zero-order valence-electron chi connectivity index (χ0n) is 12.7. The van der Waals surface area contributed by atoms with Crippen LogP contribution in [0.4, 0.5) is 11.4 Å². The van der Waals surface area contributed by atoms with E-state index in [1.54, 1.807) is 20.3 Å². The minimum atomic E-state index is 0.241. The summed E-state index contributed by atoms with van der Waals surface area (Å²) in [4.78, 5) is 0. The lowest BCUT2D eigenvalue weighted by molar-refractivity contribution is 0.174. The van der Waals surface area contributed by atoms with Crippen molar-refractivity contribution >= 4 is 28.7 Å². The van der Waals surface area contributed by atoms with E-state index in [2.05, 4.69) is 10.6 Å². The second-order valence-electron chi connectivity index (χ2n) is 4.71. The van der Waals surface area contributed by atoms with Gasteiger partial charge in [-0.25, -0.2) is 0 Å². The molecule has 0 fully saturated rings. The molecular weight excluding hydrogens is 316 g/mol. The summed E-state index contributed by atoms with van der Waals surface area (Å²) >= 11 is 5.33. The molecule has 7 heteroatoms. The molecule has 0 amide bonds. The molecule has 1 aliphatic heterocycles. The minimum absolute atomic E-state index is 0.241. The maximum absolute atomic E-state index is 5.34. The molecule has 0 bridgehead atoms. The van der Waals surface area contributed by atoms with Crippen LogP contribution >= 0.6 is 12.2 Å². The zero-order chi connectivity index (χ0) is 16.2. The Morgan fingerprint density at radius 1 is 1.00 bits per heavy atom. The van der Waals surface area contributed by atoms with Crippen molar-refractivity contribution in [3.05, 3.63) is 36.4 Å². The van der Waals surface area contributed by atoms with Crippen molar-refractivity contribution < 1.29 is 18.9 Å². The van der Waals surface area contributed by atoms with Crippen molar-refractivity contribution in [3.8, 4) is 23.0 Å². The Balaban J connectivity index is 1.70. The van der Waals surface area contributed by atoms with Gasteiger partial charge in [-0.3, -0.25) is 0 Å². The molecule has 23 heavy (non-hydrogen) atoms. The predicted molar refractivity (Wildman–Crippen MR) is 92.0 cm³/mol. The lowest BCUT2D eigenvalue weighted by Gasteiger charge is -2.14. The van der Waals surface area contributed by atoms with Crippen LogP contribution in [-0.4, -0.2) is 26.1 Å².